The van der Waals surface area contributed by atoms with Crippen LogP contribution in [0.3, 0.4) is 0 Å². The molecule has 2 aromatic carbocycles. The molecule has 1 heterocycles. The van der Waals surface area contributed by atoms with Crippen LogP contribution in [-0.2, 0) is 11.2 Å². The van der Waals surface area contributed by atoms with Crippen LogP contribution < -0.4 is 4.90 Å². The van der Waals surface area contributed by atoms with Gasteiger partial charge in [-0.1, -0.05) is 37.3 Å². The van der Waals surface area contributed by atoms with Gasteiger partial charge < -0.3 is 4.90 Å². The summed E-state index contributed by atoms with van der Waals surface area (Å²) in [5, 5.41) is 0. The smallest absolute Gasteiger partial charge is 0.231 e. The summed E-state index contributed by atoms with van der Waals surface area (Å²) < 4.78 is 0. The molecule has 2 aromatic rings. The van der Waals surface area contributed by atoms with Crippen molar-refractivity contribution in [3.8, 4) is 0 Å². The molecular formula is C18H17NO2. The number of hydrogen-bond acceptors (Lipinski definition) is 2. The second-order valence-corrected chi connectivity index (χ2v) is 5.47. The maximum absolute atomic E-state index is 12.6. The second kappa shape index (κ2) is 5.17. The summed E-state index contributed by atoms with van der Waals surface area (Å²) in [5.74, 6) is -0.0178. The third kappa shape index (κ3) is 2.35. The number of anilines is 1. The van der Waals surface area contributed by atoms with Crippen molar-refractivity contribution in [2.24, 2.45) is 0 Å². The molecule has 21 heavy (non-hydrogen) atoms. The van der Waals surface area contributed by atoms with E-state index in [1.54, 1.807) is 11.9 Å². The Morgan fingerprint density at radius 2 is 1.86 bits per heavy atom. The molecule has 0 fully saturated rings. The lowest BCUT2D eigenvalue weighted by Crippen LogP contribution is -2.20. The maximum Gasteiger partial charge on any atom is 0.231 e. The first-order valence-corrected chi connectivity index (χ1v) is 7.06. The molecule has 3 nitrogen and oxygen atoms in total. The Morgan fingerprint density at radius 3 is 2.57 bits per heavy atom. The summed E-state index contributed by atoms with van der Waals surface area (Å²) in [7, 11) is 1.77. The summed E-state index contributed by atoms with van der Waals surface area (Å²) in [6.45, 7) is 1.92. The summed E-state index contributed by atoms with van der Waals surface area (Å²) in [4.78, 5) is 26.0. The Labute approximate surface area is 124 Å². The molecule has 1 unspecified atom stereocenters. The van der Waals surface area contributed by atoms with Crippen LogP contribution in [-0.4, -0.2) is 18.7 Å². The van der Waals surface area contributed by atoms with Crippen molar-refractivity contribution in [1.29, 1.82) is 0 Å². The molecule has 3 heteroatoms. The molecule has 1 amide bonds. The highest BCUT2D eigenvalue weighted by molar-refractivity contribution is 6.05. The maximum atomic E-state index is 12.6. The van der Waals surface area contributed by atoms with Gasteiger partial charge in [-0.15, -0.1) is 0 Å². The normalized spacial score (nSPS) is 15.0. The summed E-state index contributed by atoms with van der Waals surface area (Å²) >= 11 is 0. The van der Waals surface area contributed by atoms with Crippen LogP contribution in [0.5, 0.6) is 0 Å². The molecule has 0 aliphatic carbocycles. The minimum absolute atomic E-state index is 0.0747. The molecule has 1 aliphatic heterocycles. The number of amides is 1. The highest BCUT2D eigenvalue weighted by atomic mass is 16.2. The van der Waals surface area contributed by atoms with E-state index in [9.17, 15) is 9.59 Å². The lowest BCUT2D eigenvalue weighted by atomic mass is 9.91. The number of ketones is 1. The zero-order chi connectivity index (χ0) is 15.0. The van der Waals surface area contributed by atoms with E-state index in [1.807, 2.05) is 55.5 Å². The van der Waals surface area contributed by atoms with E-state index in [2.05, 4.69) is 0 Å². The number of rotatable bonds is 3. The van der Waals surface area contributed by atoms with Gasteiger partial charge in [-0.3, -0.25) is 9.59 Å². The van der Waals surface area contributed by atoms with Crippen LogP contribution in [0.15, 0.2) is 48.5 Å². The molecule has 0 saturated carbocycles. The van der Waals surface area contributed by atoms with Gasteiger partial charge in [0, 0.05) is 24.2 Å². The average molecular weight is 279 g/mol. The van der Waals surface area contributed by atoms with Crippen LogP contribution in [0.1, 0.15) is 34.3 Å². The van der Waals surface area contributed by atoms with Crippen LogP contribution in [0.2, 0.25) is 0 Å². The lowest BCUT2D eigenvalue weighted by Gasteiger charge is -2.13. The fourth-order valence-electron chi connectivity index (χ4n) is 2.77. The number of likely N-dealkylation sites (N-methyl/N-ethyl adjacent to an activating group) is 1. The van der Waals surface area contributed by atoms with Crippen molar-refractivity contribution < 1.29 is 9.59 Å². The van der Waals surface area contributed by atoms with Crippen molar-refractivity contribution in [1.82, 2.24) is 0 Å². The van der Waals surface area contributed by atoms with Crippen molar-refractivity contribution >= 4 is 17.4 Å². The molecule has 0 aromatic heterocycles. The van der Waals surface area contributed by atoms with E-state index in [4.69, 9.17) is 0 Å². The van der Waals surface area contributed by atoms with Gasteiger partial charge in [0.15, 0.2) is 5.78 Å². The standard InChI is InChI=1S/C18H17NO2/c1-12(13-6-4-3-5-7-13)18(21)14-8-9-16-15(10-14)11-17(20)19(16)2/h3-10,12H,11H2,1-2H3. The Morgan fingerprint density at radius 1 is 1.14 bits per heavy atom. The first kappa shape index (κ1) is 13.6. The quantitative estimate of drug-likeness (QED) is 0.809. The molecule has 0 bridgehead atoms. The number of Topliss-reactive ketones (excluding diaryl/α,β-unsaturated/α-hetero) is 1. The molecule has 0 spiro atoms. The fourth-order valence-corrected chi connectivity index (χ4v) is 2.77. The van der Waals surface area contributed by atoms with Gasteiger partial charge in [0.2, 0.25) is 5.91 Å². The molecule has 3 rings (SSSR count). The number of carbonyl (C=O) groups is 2. The summed E-state index contributed by atoms with van der Waals surface area (Å²) in [5.41, 5.74) is 3.53. The second-order valence-electron chi connectivity index (χ2n) is 5.47. The SMILES string of the molecule is CC(C(=O)c1ccc2c(c1)CC(=O)N2C)c1ccccc1. The largest absolute Gasteiger partial charge is 0.315 e. The van der Waals surface area contributed by atoms with Crippen LogP contribution >= 0.6 is 0 Å². The molecule has 0 N–H and O–H groups in total. The zero-order valence-corrected chi connectivity index (χ0v) is 12.2. The number of carbonyl (C=O) groups excluding carboxylic acids is 2. The van der Waals surface area contributed by atoms with E-state index in [1.165, 1.54) is 0 Å². The number of fused-ring (bicyclic) bond motifs is 1. The average Bonchev–Trinajstić information content (AvgIpc) is 2.81. The topological polar surface area (TPSA) is 37.4 Å². The molecule has 0 radical (unpaired) electrons. The Bertz CT molecular complexity index is 706. The van der Waals surface area contributed by atoms with Gasteiger partial charge in [0.25, 0.3) is 0 Å². The monoisotopic (exact) mass is 279 g/mol. The minimum Gasteiger partial charge on any atom is -0.315 e. The van der Waals surface area contributed by atoms with Crippen molar-refractivity contribution in [3.05, 3.63) is 65.2 Å². The first-order chi connectivity index (χ1) is 10.1. The van der Waals surface area contributed by atoms with Crippen LogP contribution in [0.4, 0.5) is 5.69 Å². The molecule has 106 valence electrons. The lowest BCUT2D eigenvalue weighted by molar-refractivity contribution is -0.117. The molecule has 0 saturated heterocycles. The van der Waals surface area contributed by atoms with Gasteiger partial charge in [-0.25, -0.2) is 0 Å². The Balaban J connectivity index is 1.90. The Hall–Kier alpha value is -2.42. The molecule has 1 atom stereocenters. The van der Waals surface area contributed by atoms with Gasteiger partial charge in [0.1, 0.15) is 0 Å². The highest BCUT2D eigenvalue weighted by Gasteiger charge is 2.26. The summed E-state index contributed by atoms with van der Waals surface area (Å²) in [6.07, 6.45) is 0.382. The first-order valence-electron chi connectivity index (χ1n) is 7.06. The summed E-state index contributed by atoms with van der Waals surface area (Å²) in [6, 6.07) is 15.3. The third-order valence-electron chi connectivity index (χ3n) is 4.13. The predicted octanol–water partition coefficient (Wildman–Crippen LogP) is 3.19. The number of hydrogen-bond donors (Lipinski definition) is 0. The third-order valence-corrected chi connectivity index (χ3v) is 4.13. The zero-order valence-electron chi connectivity index (χ0n) is 12.2. The van der Waals surface area contributed by atoms with Crippen LogP contribution in [0.25, 0.3) is 0 Å². The van der Waals surface area contributed by atoms with E-state index in [0.717, 1.165) is 16.8 Å². The molecule has 1 aliphatic rings. The van der Waals surface area contributed by atoms with Crippen molar-refractivity contribution in [2.75, 3.05) is 11.9 Å². The minimum atomic E-state index is -0.181. The van der Waals surface area contributed by atoms with E-state index in [-0.39, 0.29) is 17.6 Å². The van der Waals surface area contributed by atoms with Crippen molar-refractivity contribution in [2.45, 2.75) is 19.3 Å². The van der Waals surface area contributed by atoms with E-state index in [0.29, 0.717) is 12.0 Å². The predicted molar refractivity (Wildman–Crippen MR) is 82.7 cm³/mol. The Kier molecular flexibility index (Phi) is 3.34. The molecular weight excluding hydrogens is 262 g/mol. The highest BCUT2D eigenvalue weighted by Crippen LogP contribution is 2.30. The number of benzene rings is 2. The van der Waals surface area contributed by atoms with Gasteiger partial charge in [-0.05, 0) is 29.3 Å². The van der Waals surface area contributed by atoms with E-state index >= 15 is 0 Å². The van der Waals surface area contributed by atoms with Gasteiger partial charge >= 0.3 is 0 Å². The van der Waals surface area contributed by atoms with Gasteiger partial charge in [0.05, 0.1) is 6.42 Å². The van der Waals surface area contributed by atoms with E-state index < -0.39 is 0 Å². The van der Waals surface area contributed by atoms with Crippen molar-refractivity contribution in [3.63, 3.8) is 0 Å². The van der Waals surface area contributed by atoms with Gasteiger partial charge in [-0.2, -0.15) is 0 Å². The number of nitrogens with zero attached hydrogens (tertiary/aromatic N) is 1. The fraction of sp³-hybridized carbons (Fsp3) is 0.222. The van der Waals surface area contributed by atoms with Crippen LogP contribution in [0, 0.1) is 0 Å².